The maximum atomic E-state index is 12.6. The number of benzene rings is 3. The number of esters is 3. The van der Waals surface area contributed by atoms with E-state index in [1.807, 2.05) is 0 Å². The van der Waals surface area contributed by atoms with Crippen LogP contribution in [0.3, 0.4) is 0 Å². The molecule has 3 rings (SSSR count). The Morgan fingerprint density at radius 3 is 1.53 bits per heavy atom. The van der Waals surface area contributed by atoms with E-state index >= 15 is 0 Å². The van der Waals surface area contributed by atoms with Gasteiger partial charge in [-0.2, -0.15) is 0 Å². The fourth-order valence-corrected chi connectivity index (χ4v) is 4.67. The molecule has 7 nitrogen and oxygen atoms in total. The van der Waals surface area contributed by atoms with Crippen LogP contribution in [-0.4, -0.2) is 31.1 Å². The average Bonchev–Trinajstić information content (AvgIpc) is 3.04. The molecule has 0 spiro atoms. The zero-order valence-electron chi connectivity index (χ0n) is 27.2. The molecule has 0 saturated carbocycles. The first-order valence-electron chi connectivity index (χ1n) is 16.3. The van der Waals surface area contributed by atoms with Gasteiger partial charge in [0, 0.05) is 0 Å². The number of unbranched alkanes of at least 4 members (excludes halogenated alkanes) is 5. The first-order valence-corrected chi connectivity index (χ1v) is 16.3. The van der Waals surface area contributed by atoms with Gasteiger partial charge in [-0.25, -0.2) is 14.4 Å². The van der Waals surface area contributed by atoms with Crippen LogP contribution in [0.5, 0.6) is 17.2 Å². The van der Waals surface area contributed by atoms with E-state index in [1.54, 1.807) is 48.5 Å². The Hall–Kier alpha value is -4.13. The Morgan fingerprint density at radius 1 is 0.556 bits per heavy atom. The van der Waals surface area contributed by atoms with Crippen LogP contribution in [0.25, 0.3) is 0 Å². The Morgan fingerprint density at radius 2 is 1.02 bits per heavy atom. The molecule has 0 aliphatic heterocycles. The van der Waals surface area contributed by atoms with Gasteiger partial charge < -0.3 is 18.9 Å². The van der Waals surface area contributed by atoms with Crippen molar-refractivity contribution in [1.29, 1.82) is 0 Å². The Balaban J connectivity index is 1.41. The van der Waals surface area contributed by atoms with Crippen molar-refractivity contribution in [1.82, 2.24) is 0 Å². The van der Waals surface area contributed by atoms with E-state index < -0.39 is 17.9 Å². The van der Waals surface area contributed by atoms with Crippen molar-refractivity contribution >= 4 is 17.9 Å². The second-order valence-corrected chi connectivity index (χ2v) is 12.0. The molecule has 0 heterocycles. The summed E-state index contributed by atoms with van der Waals surface area (Å²) in [6.07, 6.45) is 10.5. The van der Waals surface area contributed by atoms with Gasteiger partial charge in [0.15, 0.2) is 0 Å². The number of carbonyl (C=O) groups excluding carboxylic acids is 3. The summed E-state index contributed by atoms with van der Waals surface area (Å²) in [7, 11) is 0. The number of ether oxygens (including phenoxy) is 4. The third kappa shape index (κ3) is 13.2. The molecular weight excluding hydrogens is 568 g/mol. The first-order chi connectivity index (χ1) is 21.7. The lowest BCUT2D eigenvalue weighted by Gasteiger charge is -2.13. The summed E-state index contributed by atoms with van der Waals surface area (Å²) in [5, 5.41) is 0. The maximum absolute atomic E-state index is 12.6. The number of carbonyl (C=O) groups is 3. The van der Waals surface area contributed by atoms with E-state index in [0.29, 0.717) is 47.7 Å². The molecule has 0 aromatic heterocycles. The summed E-state index contributed by atoms with van der Waals surface area (Å²) < 4.78 is 22.1. The van der Waals surface area contributed by atoms with Gasteiger partial charge in [-0.3, -0.25) is 0 Å². The second kappa shape index (κ2) is 19.3. The summed E-state index contributed by atoms with van der Waals surface area (Å²) >= 11 is 0. The van der Waals surface area contributed by atoms with Crippen LogP contribution in [0.1, 0.15) is 117 Å². The minimum absolute atomic E-state index is 0.289. The van der Waals surface area contributed by atoms with Gasteiger partial charge in [0.05, 0.1) is 29.9 Å². The quantitative estimate of drug-likeness (QED) is 0.0753. The summed E-state index contributed by atoms with van der Waals surface area (Å²) in [6, 6.07) is 19.3. The van der Waals surface area contributed by atoms with Gasteiger partial charge in [0.1, 0.15) is 17.2 Å². The molecule has 45 heavy (non-hydrogen) atoms. The topological polar surface area (TPSA) is 88.1 Å². The van der Waals surface area contributed by atoms with Gasteiger partial charge in [-0.15, -0.1) is 0 Å². The predicted molar refractivity (Wildman–Crippen MR) is 176 cm³/mol. The molecule has 0 aliphatic carbocycles. The summed E-state index contributed by atoms with van der Waals surface area (Å²) in [5.74, 6) is 0.809. The van der Waals surface area contributed by atoms with E-state index in [0.717, 1.165) is 31.4 Å². The van der Waals surface area contributed by atoms with Gasteiger partial charge >= 0.3 is 17.9 Å². The van der Waals surface area contributed by atoms with Crippen LogP contribution >= 0.6 is 0 Å². The van der Waals surface area contributed by atoms with E-state index in [1.165, 1.54) is 56.4 Å². The van der Waals surface area contributed by atoms with Crippen molar-refractivity contribution in [3.8, 4) is 17.2 Å². The predicted octanol–water partition coefficient (Wildman–Crippen LogP) is 9.48. The van der Waals surface area contributed by atoms with Crippen molar-refractivity contribution in [3.05, 3.63) is 89.5 Å². The lowest BCUT2D eigenvalue weighted by molar-refractivity contribution is 0.0441. The van der Waals surface area contributed by atoms with Crippen molar-refractivity contribution < 1.29 is 33.3 Å². The van der Waals surface area contributed by atoms with E-state index in [9.17, 15) is 14.4 Å². The molecule has 3 aromatic rings. The van der Waals surface area contributed by atoms with Crippen LogP contribution in [0.4, 0.5) is 0 Å². The van der Waals surface area contributed by atoms with Crippen LogP contribution in [0.15, 0.2) is 72.8 Å². The highest BCUT2D eigenvalue weighted by Crippen LogP contribution is 2.20. The van der Waals surface area contributed by atoms with Crippen LogP contribution < -0.4 is 14.2 Å². The molecule has 0 radical (unpaired) electrons. The van der Waals surface area contributed by atoms with Crippen LogP contribution in [0, 0.1) is 11.8 Å². The van der Waals surface area contributed by atoms with E-state index in [4.69, 9.17) is 18.9 Å². The fourth-order valence-electron chi connectivity index (χ4n) is 4.67. The van der Waals surface area contributed by atoms with Crippen molar-refractivity contribution in [3.63, 3.8) is 0 Å². The maximum Gasteiger partial charge on any atom is 0.343 e. The lowest BCUT2D eigenvalue weighted by atomic mass is 10.0. The van der Waals surface area contributed by atoms with Gasteiger partial charge in [-0.1, -0.05) is 72.6 Å². The molecule has 1 unspecified atom stereocenters. The number of hydrogen-bond donors (Lipinski definition) is 0. The molecule has 3 aromatic carbocycles. The molecule has 242 valence electrons. The molecule has 0 amide bonds. The zero-order chi connectivity index (χ0) is 32.4. The SMILES string of the molecule is CCCCCCCCOc1ccc(C(=O)Oc2ccc(C(=O)Oc3ccc(C(=O)OCC(C)CCCC(C)C)cc3)cc2)cc1. The molecule has 0 saturated heterocycles. The second-order valence-electron chi connectivity index (χ2n) is 12.0. The minimum Gasteiger partial charge on any atom is -0.494 e. The highest BCUT2D eigenvalue weighted by atomic mass is 16.5. The Bertz CT molecular complexity index is 1310. The molecule has 0 N–H and O–H groups in total. The van der Waals surface area contributed by atoms with Crippen molar-refractivity contribution in [2.45, 2.75) is 85.5 Å². The molecule has 0 bridgehead atoms. The lowest BCUT2D eigenvalue weighted by Crippen LogP contribution is -2.13. The monoisotopic (exact) mass is 616 g/mol. The van der Waals surface area contributed by atoms with Crippen LogP contribution in [0.2, 0.25) is 0 Å². The third-order valence-electron chi connectivity index (χ3n) is 7.44. The van der Waals surface area contributed by atoms with Crippen molar-refractivity contribution in [2.75, 3.05) is 13.2 Å². The van der Waals surface area contributed by atoms with E-state index in [-0.39, 0.29) is 5.56 Å². The first kappa shape index (κ1) is 35.4. The highest BCUT2D eigenvalue weighted by molar-refractivity contribution is 5.93. The summed E-state index contributed by atoms with van der Waals surface area (Å²) in [4.78, 5) is 37.7. The third-order valence-corrected chi connectivity index (χ3v) is 7.44. The van der Waals surface area contributed by atoms with Crippen LogP contribution in [-0.2, 0) is 4.74 Å². The average molecular weight is 617 g/mol. The molecule has 7 heteroatoms. The molecule has 0 fully saturated rings. The zero-order valence-corrected chi connectivity index (χ0v) is 27.2. The highest BCUT2D eigenvalue weighted by Gasteiger charge is 2.14. The fraction of sp³-hybridized carbons (Fsp3) is 0.447. The Kier molecular flexibility index (Phi) is 15.2. The van der Waals surface area contributed by atoms with Crippen molar-refractivity contribution in [2.24, 2.45) is 11.8 Å². The smallest absolute Gasteiger partial charge is 0.343 e. The summed E-state index contributed by atoms with van der Waals surface area (Å²) in [6.45, 7) is 9.73. The van der Waals surface area contributed by atoms with Gasteiger partial charge in [0.25, 0.3) is 0 Å². The molecule has 1 atom stereocenters. The van der Waals surface area contributed by atoms with Gasteiger partial charge in [0.2, 0.25) is 0 Å². The standard InChI is InChI=1S/C38H48O7/c1-5-6-7-8-9-10-26-42-33-20-14-31(15-21-33)37(40)45-35-24-18-32(19-25-35)38(41)44-34-22-16-30(17-23-34)36(39)43-27-29(4)13-11-12-28(2)3/h14-25,28-29H,5-13,26-27H2,1-4H3. The Labute approximate surface area is 268 Å². The minimum atomic E-state index is -0.574. The molecular formula is C38H48O7. The van der Waals surface area contributed by atoms with E-state index in [2.05, 4.69) is 27.7 Å². The largest absolute Gasteiger partial charge is 0.494 e. The number of rotatable bonds is 19. The summed E-state index contributed by atoms with van der Waals surface area (Å²) in [5.41, 5.74) is 1.08. The van der Waals surface area contributed by atoms with Gasteiger partial charge in [-0.05, 0) is 97.5 Å². The molecule has 0 aliphatic rings. The number of hydrogen-bond acceptors (Lipinski definition) is 7. The normalized spacial score (nSPS) is 11.6.